The molecule has 3 atom stereocenters. The molecule has 0 aromatic carbocycles. The van der Waals surface area contributed by atoms with Gasteiger partial charge in [0.1, 0.15) is 11.5 Å². The Morgan fingerprint density at radius 2 is 2.05 bits per heavy atom. The summed E-state index contributed by atoms with van der Waals surface area (Å²) in [5.74, 6) is 3.67. The molecule has 3 heteroatoms. The van der Waals surface area contributed by atoms with Gasteiger partial charge in [0, 0.05) is 5.92 Å². The maximum Gasteiger partial charge on any atom is 0.111 e. The second-order valence-electron chi connectivity index (χ2n) is 6.32. The predicted molar refractivity (Wildman–Crippen MR) is 79.5 cm³/mol. The summed E-state index contributed by atoms with van der Waals surface area (Å²) in [6.07, 6.45) is 6.68. The summed E-state index contributed by atoms with van der Waals surface area (Å²) in [6, 6.07) is 4.49. The van der Waals surface area contributed by atoms with Gasteiger partial charge in [-0.25, -0.2) is 0 Å². The summed E-state index contributed by atoms with van der Waals surface area (Å²) >= 11 is 0. The molecule has 1 saturated heterocycles. The van der Waals surface area contributed by atoms with E-state index in [0.717, 1.165) is 11.5 Å². The number of methoxy groups -OCH3 is 1. The first-order valence-electron chi connectivity index (χ1n) is 7.75. The van der Waals surface area contributed by atoms with Crippen LogP contribution in [0.15, 0.2) is 34.6 Å². The Kier molecular flexibility index (Phi) is 3.88. The quantitative estimate of drug-likeness (QED) is 0.839. The van der Waals surface area contributed by atoms with E-state index in [1.54, 1.807) is 13.4 Å². The molecule has 1 aromatic heterocycles. The maximum absolute atomic E-state index is 5.72. The van der Waals surface area contributed by atoms with Crippen LogP contribution in [-0.2, 0) is 4.74 Å². The highest BCUT2D eigenvalue weighted by Gasteiger charge is 2.45. The van der Waals surface area contributed by atoms with E-state index in [1.807, 2.05) is 6.07 Å². The summed E-state index contributed by atoms with van der Waals surface area (Å²) < 4.78 is 11.4. The Bertz CT molecular complexity index is 457. The third-order valence-electron chi connectivity index (χ3n) is 4.83. The topological polar surface area (TPSA) is 25.6 Å². The number of hydrogen-bond acceptors (Lipinski definition) is 3. The molecule has 2 aliphatic rings. The summed E-state index contributed by atoms with van der Waals surface area (Å²) in [6.45, 7) is 7.02. The van der Waals surface area contributed by atoms with Crippen LogP contribution in [0.2, 0.25) is 0 Å². The molecule has 2 heterocycles. The van der Waals surface area contributed by atoms with Crippen molar-refractivity contribution in [3.8, 4) is 0 Å². The lowest BCUT2D eigenvalue weighted by Crippen LogP contribution is -2.41. The fourth-order valence-corrected chi connectivity index (χ4v) is 3.94. The number of furan rings is 1. The number of ether oxygens (including phenoxy) is 1. The minimum Gasteiger partial charge on any atom is -0.500 e. The molecular formula is C17H25NO2. The SMILES string of the molecule is COC1=C[C@H](c2ccco2)[C@@H](C(C)C)[C@@H]1N1CCCC1. The Balaban J connectivity index is 1.93. The van der Waals surface area contributed by atoms with E-state index in [1.165, 1.54) is 25.9 Å². The molecule has 3 rings (SSSR count). The number of nitrogens with zero attached hydrogens (tertiary/aromatic N) is 1. The second kappa shape index (κ2) is 5.65. The van der Waals surface area contributed by atoms with Crippen LogP contribution in [-0.4, -0.2) is 31.1 Å². The van der Waals surface area contributed by atoms with Crippen LogP contribution in [0.1, 0.15) is 38.4 Å². The van der Waals surface area contributed by atoms with Crippen molar-refractivity contribution in [3.63, 3.8) is 0 Å². The van der Waals surface area contributed by atoms with Crippen molar-refractivity contribution in [2.75, 3.05) is 20.2 Å². The molecule has 0 amide bonds. The van der Waals surface area contributed by atoms with Crippen LogP contribution < -0.4 is 0 Å². The van der Waals surface area contributed by atoms with Crippen LogP contribution in [0.25, 0.3) is 0 Å². The third kappa shape index (κ3) is 2.28. The van der Waals surface area contributed by atoms with Crippen molar-refractivity contribution >= 4 is 0 Å². The van der Waals surface area contributed by atoms with Crippen LogP contribution in [0, 0.1) is 11.8 Å². The van der Waals surface area contributed by atoms with E-state index in [9.17, 15) is 0 Å². The molecule has 0 unspecified atom stereocenters. The van der Waals surface area contributed by atoms with Crippen molar-refractivity contribution < 1.29 is 9.15 Å². The summed E-state index contributed by atoms with van der Waals surface area (Å²) in [7, 11) is 1.80. The maximum atomic E-state index is 5.72. The van der Waals surface area contributed by atoms with E-state index in [0.29, 0.717) is 23.8 Å². The fourth-order valence-electron chi connectivity index (χ4n) is 3.94. The van der Waals surface area contributed by atoms with Gasteiger partial charge in [0.2, 0.25) is 0 Å². The highest BCUT2D eigenvalue weighted by molar-refractivity contribution is 5.28. The van der Waals surface area contributed by atoms with Crippen LogP contribution in [0.3, 0.4) is 0 Å². The molecule has 1 aliphatic heterocycles. The molecule has 1 aliphatic carbocycles. The van der Waals surface area contributed by atoms with Crippen LogP contribution >= 0.6 is 0 Å². The highest BCUT2D eigenvalue weighted by atomic mass is 16.5. The average Bonchev–Trinajstić information content (AvgIpc) is 3.17. The van der Waals surface area contributed by atoms with Crippen LogP contribution in [0.5, 0.6) is 0 Å². The van der Waals surface area contributed by atoms with Crippen molar-refractivity contribution in [1.29, 1.82) is 0 Å². The molecule has 3 nitrogen and oxygen atoms in total. The molecule has 1 aromatic rings. The largest absolute Gasteiger partial charge is 0.500 e. The minimum absolute atomic E-state index is 0.338. The molecule has 20 heavy (non-hydrogen) atoms. The molecule has 110 valence electrons. The normalized spacial score (nSPS) is 31.0. The Labute approximate surface area is 121 Å². The van der Waals surface area contributed by atoms with Gasteiger partial charge in [0.05, 0.1) is 19.4 Å². The van der Waals surface area contributed by atoms with Gasteiger partial charge in [-0.3, -0.25) is 4.90 Å². The monoisotopic (exact) mass is 275 g/mol. The lowest BCUT2D eigenvalue weighted by Gasteiger charge is -2.35. The molecule has 0 radical (unpaired) electrons. The predicted octanol–water partition coefficient (Wildman–Crippen LogP) is 3.64. The molecule has 0 spiro atoms. The van der Waals surface area contributed by atoms with E-state index in [-0.39, 0.29) is 0 Å². The minimum atomic E-state index is 0.338. The van der Waals surface area contributed by atoms with E-state index in [2.05, 4.69) is 30.9 Å². The van der Waals surface area contributed by atoms with Crippen molar-refractivity contribution in [1.82, 2.24) is 4.90 Å². The van der Waals surface area contributed by atoms with E-state index in [4.69, 9.17) is 9.15 Å². The van der Waals surface area contributed by atoms with Gasteiger partial charge in [-0.05, 0) is 56.0 Å². The lowest BCUT2D eigenvalue weighted by atomic mass is 9.81. The summed E-state index contributed by atoms with van der Waals surface area (Å²) in [4.78, 5) is 2.60. The summed E-state index contributed by atoms with van der Waals surface area (Å²) in [5, 5.41) is 0. The molecule has 0 N–H and O–H groups in total. The number of hydrogen-bond donors (Lipinski definition) is 0. The lowest BCUT2D eigenvalue weighted by molar-refractivity contribution is 0.118. The Hall–Kier alpha value is -1.22. The zero-order valence-electron chi connectivity index (χ0n) is 12.7. The molecule has 0 saturated carbocycles. The van der Waals surface area contributed by atoms with E-state index >= 15 is 0 Å². The number of likely N-dealkylation sites (tertiary alicyclic amines) is 1. The van der Waals surface area contributed by atoms with E-state index < -0.39 is 0 Å². The van der Waals surface area contributed by atoms with Crippen molar-refractivity contribution in [2.24, 2.45) is 11.8 Å². The summed E-state index contributed by atoms with van der Waals surface area (Å²) in [5.41, 5.74) is 0. The first kappa shape index (κ1) is 13.7. The fraction of sp³-hybridized carbons (Fsp3) is 0.647. The van der Waals surface area contributed by atoms with Gasteiger partial charge in [-0.2, -0.15) is 0 Å². The first-order valence-corrected chi connectivity index (χ1v) is 7.75. The molecular weight excluding hydrogens is 250 g/mol. The van der Waals surface area contributed by atoms with Crippen molar-refractivity contribution in [2.45, 2.75) is 38.6 Å². The zero-order valence-corrected chi connectivity index (χ0v) is 12.7. The van der Waals surface area contributed by atoms with Gasteiger partial charge in [0.25, 0.3) is 0 Å². The Morgan fingerprint density at radius 1 is 1.30 bits per heavy atom. The highest BCUT2D eigenvalue weighted by Crippen LogP contribution is 2.45. The van der Waals surface area contributed by atoms with Gasteiger partial charge in [-0.15, -0.1) is 0 Å². The van der Waals surface area contributed by atoms with Crippen LogP contribution in [0.4, 0.5) is 0 Å². The van der Waals surface area contributed by atoms with Gasteiger partial charge >= 0.3 is 0 Å². The standard InChI is InChI=1S/C17H25NO2/c1-12(2)16-13(14-7-6-10-20-14)11-15(19-3)17(16)18-8-4-5-9-18/h6-7,10-13,16-17H,4-5,8-9H2,1-3H3/t13-,16-,17-/m1/s1. The number of allylic oxidation sites excluding steroid dienone is 1. The Morgan fingerprint density at radius 3 is 2.60 bits per heavy atom. The smallest absolute Gasteiger partial charge is 0.111 e. The van der Waals surface area contributed by atoms with Gasteiger partial charge in [-0.1, -0.05) is 13.8 Å². The van der Waals surface area contributed by atoms with Gasteiger partial charge in [0.15, 0.2) is 0 Å². The zero-order chi connectivity index (χ0) is 14.1. The third-order valence-corrected chi connectivity index (χ3v) is 4.83. The second-order valence-corrected chi connectivity index (χ2v) is 6.32. The molecule has 1 fully saturated rings. The van der Waals surface area contributed by atoms with Gasteiger partial charge < -0.3 is 9.15 Å². The number of rotatable bonds is 4. The van der Waals surface area contributed by atoms with Crippen molar-refractivity contribution in [3.05, 3.63) is 36.0 Å². The molecule has 0 bridgehead atoms. The first-order chi connectivity index (χ1) is 9.72. The average molecular weight is 275 g/mol.